The highest BCUT2D eigenvalue weighted by Crippen LogP contribution is 2.38. The fraction of sp³-hybridized carbons (Fsp3) is 0.333. The molecule has 0 bridgehead atoms. The molecule has 21 heavy (non-hydrogen) atoms. The van der Waals surface area contributed by atoms with E-state index in [1.165, 1.54) is 12.3 Å². The van der Waals surface area contributed by atoms with Gasteiger partial charge in [0.05, 0.1) is 11.8 Å². The molecule has 1 aromatic rings. The van der Waals surface area contributed by atoms with E-state index >= 15 is 0 Å². The van der Waals surface area contributed by atoms with Crippen molar-refractivity contribution in [2.75, 3.05) is 11.9 Å². The normalized spacial score (nSPS) is 16.6. The molecule has 1 aliphatic rings. The highest BCUT2D eigenvalue weighted by Gasteiger charge is 2.29. The van der Waals surface area contributed by atoms with Gasteiger partial charge in [0.1, 0.15) is 5.82 Å². The molecule has 0 atom stereocenters. The summed E-state index contributed by atoms with van der Waals surface area (Å²) in [5.41, 5.74) is 9.92. The van der Waals surface area contributed by atoms with Crippen molar-refractivity contribution in [3.63, 3.8) is 0 Å². The van der Waals surface area contributed by atoms with Crippen molar-refractivity contribution in [1.82, 2.24) is 5.43 Å². The first-order valence-corrected chi connectivity index (χ1v) is 6.58. The van der Waals surface area contributed by atoms with Crippen LogP contribution in [-0.4, -0.2) is 24.8 Å². The van der Waals surface area contributed by atoms with Gasteiger partial charge in [-0.25, -0.2) is 14.6 Å². The van der Waals surface area contributed by atoms with Gasteiger partial charge in [0.15, 0.2) is 0 Å². The minimum atomic E-state index is -0.790. The second-order valence-electron chi connectivity index (χ2n) is 5.67. The Hall–Kier alpha value is -2.37. The maximum absolute atomic E-state index is 14.2. The van der Waals surface area contributed by atoms with E-state index in [0.717, 1.165) is 16.8 Å². The molecule has 0 spiro atoms. The van der Waals surface area contributed by atoms with Crippen LogP contribution in [0.15, 0.2) is 23.3 Å². The van der Waals surface area contributed by atoms with Gasteiger partial charge in [0, 0.05) is 23.9 Å². The number of hydrazone groups is 1. The van der Waals surface area contributed by atoms with Gasteiger partial charge < -0.3 is 10.6 Å². The Balaban J connectivity index is 2.46. The average molecular weight is 290 g/mol. The summed E-state index contributed by atoms with van der Waals surface area (Å²) in [6.07, 6.45) is 3.38. The van der Waals surface area contributed by atoms with Crippen molar-refractivity contribution in [2.24, 2.45) is 10.8 Å². The number of hydrogen-bond donors (Lipinski definition) is 2. The lowest BCUT2D eigenvalue weighted by Crippen LogP contribution is -2.42. The summed E-state index contributed by atoms with van der Waals surface area (Å²) in [4.78, 5) is 12.6. The summed E-state index contributed by atoms with van der Waals surface area (Å²) >= 11 is 0. The molecule has 0 aliphatic carbocycles. The van der Waals surface area contributed by atoms with Crippen LogP contribution in [-0.2, 0) is 0 Å². The Morgan fingerprint density at radius 3 is 2.76 bits per heavy atom. The van der Waals surface area contributed by atoms with Gasteiger partial charge in [-0.3, -0.25) is 0 Å². The molecule has 0 fully saturated rings. The number of amides is 2. The molecule has 2 amide bonds. The zero-order chi connectivity index (χ0) is 15.8. The van der Waals surface area contributed by atoms with E-state index < -0.39 is 11.8 Å². The fourth-order valence-corrected chi connectivity index (χ4v) is 2.45. The first kappa shape index (κ1) is 15.0. The number of likely N-dealkylation sites (N-methyl/N-ethyl adjacent to an activating group) is 1. The van der Waals surface area contributed by atoms with Gasteiger partial charge in [-0.15, -0.1) is 0 Å². The monoisotopic (exact) mass is 290 g/mol. The topological polar surface area (TPSA) is 70.7 Å². The van der Waals surface area contributed by atoms with E-state index in [9.17, 15) is 9.18 Å². The Morgan fingerprint density at radius 2 is 2.14 bits per heavy atom. The quantitative estimate of drug-likeness (QED) is 0.649. The lowest BCUT2D eigenvalue weighted by molar-refractivity contribution is 0.249. The molecule has 0 aromatic heterocycles. The Labute approximate surface area is 123 Å². The van der Waals surface area contributed by atoms with Crippen molar-refractivity contribution in [3.8, 4) is 0 Å². The third-order valence-corrected chi connectivity index (χ3v) is 3.71. The summed E-state index contributed by atoms with van der Waals surface area (Å²) in [6, 6.07) is 2.41. The van der Waals surface area contributed by atoms with Crippen LogP contribution >= 0.6 is 0 Å². The van der Waals surface area contributed by atoms with Gasteiger partial charge in [0.2, 0.25) is 0 Å². The number of fused-ring (bicyclic) bond motifs is 1. The van der Waals surface area contributed by atoms with Crippen molar-refractivity contribution < 1.29 is 9.18 Å². The molecule has 3 N–H and O–H groups in total. The summed E-state index contributed by atoms with van der Waals surface area (Å²) in [7, 11) is 1.93. The molecule has 112 valence electrons. The largest absolute Gasteiger partial charge is 0.365 e. The smallest absolute Gasteiger partial charge is 0.332 e. The average Bonchev–Trinajstić information content (AvgIpc) is 2.36. The molecule has 1 heterocycles. The van der Waals surface area contributed by atoms with Gasteiger partial charge in [-0.05, 0) is 38.5 Å². The van der Waals surface area contributed by atoms with Crippen LogP contribution in [0.3, 0.4) is 0 Å². The van der Waals surface area contributed by atoms with Crippen LogP contribution in [0.4, 0.5) is 14.9 Å². The second-order valence-corrected chi connectivity index (χ2v) is 5.67. The number of nitrogens with two attached hydrogens (primary N) is 1. The number of urea groups is 1. The predicted octanol–water partition coefficient (Wildman–Crippen LogP) is 2.46. The van der Waals surface area contributed by atoms with E-state index in [2.05, 4.69) is 30.5 Å². The number of anilines is 1. The lowest BCUT2D eigenvalue weighted by Gasteiger charge is -2.40. The molecule has 0 unspecified atom stereocenters. The molecule has 0 saturated heterocycles. The summed E-state index contributed by atoms with van der Waals surface area (Å²) in [5, 5.41) is 3.60. The minimum Gasteiger partial charge on any atom is -0.365 e. The number of nitrogens with zero attached hydrogens (tertiary/aromatic N) is 2. The van der Waals surface area contributed by atoms with Crippen molar-refractivity contribution >= 4 is 23.5 Å². The van der Waals surface area contributed by atoms with Crippen LogP contribution in [0.2, 0.25) is 0 Å². The van der Waals surface area contributed by atoms with Crippen molar-refractivity contribution in [2.45, 2.75) is 26.3 Å². The zero-order valence-electron chi connectivity index (χ0n) is 12.6. The second kappa shape index (κ2) is 5.20. The number of primary amides is 1. The van der Waals surface area contributed by atoms with Crippen molar-refractivity contribution in [1.29, 1.82) is 0 Å². The molecule has 0 saturated carbocycles. The van der Waals surface area contributed by atoms with Crippen LogP contribution in [0.25, 0.3) is 5.57 Å². The van der Waals surface area contributed by atoms with Crippen LogP contribution < -0.4 is 16.1 Å². The summed E-state index contributed by atoms with van der Waals surface area (Å²) in [6.45, 7) is 6.14. The maximum Gasteiger partial charge on any atom is 0.332 e. The molecular formula is C15H19FN4O. The number of hydrogen-bond acceptors (Lipinski definition) is 3. The summed E-state index contributed by atoms with van der Waals surface area (Å²) in [5.74, 6) is -0.402. The van der Waals surface area contributed by atoms with E-state index in [-0.39, 0.29) is 5.54 Å². The molecule has 2 rings (SSSR count). The van der Waals surface area contributed by atoms with Crippen LogP contribution in [0, 0.1) is 5.82 Å². The number of nitrogens with one attached hydrogen (secondary N) is 1. The van der Waals surface area contributed by atoms with E-state index in [4.69, 9.17) is 5.73 Å². The third-order valence-electron chi connectivity index (χ3n) is 3.71. The standard InChI is InChI=1S/C15H19FN4O/c1-9-7-15(2,3)20(4)13-6-12(16)10(5-11(9)13)8-18-19-14(17)21/h5-8H,1-4H3,(H3,17,19,21)/b18-8-. The zero-order valence-corrected chi connectivity index (χ0v) is 12.6. The Morgan fingerprint density at radius 1 is 1.48 bits per heavy atom. The SMILES string of the molecule is CC1=CC(C)(C)N(C)c2cc(F)c(/C=N\NC(N)=O)cc21. The number of rotatable bonds is 2. The van der Waals surface area contributed by atoms with Crippen LogP contribution in [0.1, 0.15) is 31.9 Å². The molecule has 1 aliphatic heterocycles. The lowest BCUT2D eigenvalue weighted by atomic mass is 9.88. The number of benzene rings is 1. The molecule has 1 aromatic carbocycles. The van der Waals surface area contributed by atoms with E-state index in [1.54, 1.807) is 6.07 Å². The van der Waals surface area contributed by atoms with E-state index in [0.29, 0.717) is 5.56 Å². The van der Waals surface area contributed by atoms with Gasteiger partial charge in [-0.1, -0.05) is 6.08 Å². The Kier molecular flexibility index (Phi) is 3.72. The highest BCUT2D eigenvalue weighted by molar-refractivity contribution is 5.88. The summed E-state index contributed by atoms with van der Waals surface area (Å²) < 4.78 is 14.2. The third kappa shape index (κ3) is 2.89. The molecular weight excluding hydrogens is 271 g/mol. The molecule has 6 heteroatoms. The first-order chi connectivity index (χ1) is 9.72. The number of allylic oxidation sites excluding steroid dienone is 1. The maximum atomic E-state index is 14.2. The van der Waals surface area contributed by atoms with Gasteiger partial charge in [-0.2, -0.15) is 5.10 Å². The Bertz CT molecular complexity index is 649. The highest BCUT2D eigenvalue weighted by atomic mass is 19.1. The minimum absolute atomic E-state index is 0.174. The van der Waals surface area contributed by atoms with Gasteiger partial charge >= 0.3 is 6.03 Å². The number of carbonyl (C=O) groups is 1. The first-order valence-electron chi connectivity index (χ1n) is 6.58. The molecule has 5 nitrogen and oxygen atoms in total. The molecule has 0 radical (unpaired) electrons. The van der Waals surface area contributed by atoms with Gasteiger partial charge in [0.25, 0.3) is 0 Å². The number of halogens is 1. The number of carbonyl (C=O) groups excluding carboxylic acids is 1. The predicted molar refractivity (Wildman–Crippen MR) is 82.8 cm³/mol. The van der Waals surface area contributed by atoms with Crippen molar-refractivity contribution in [3.05, 3.63) is 35.2 Å². The van der Waals surface area contributed by atoms with Crippen LogP contribution in [0.5, 0.6) is 0 Å². The van der Waals surface area contributed by atoms with E-state index in [1.807, 2.05) is 18.9 Å². The fourth-order valence-electron chi connectivity index (χ4n) is 2.45.